The summed E-state index contributed by atoms with van der Waals surface area (Å²) in [5.41, 5.74) is 0.813. The number of benzene rings is 2. The maximum absolute atomic E-state index is 13.2. The Morgan fingerprint density at radius 1 is 1.00 bits per heavy atom. The van der Waals surface area contributed by atoms with Gasteiger partial charge >= 0.3 is 5.69 Å². The summed E-state index contributed by atoms with van der Waals surface area (Å²) < 4.78 is 11.5. The van der Waals surface area contributed by atoms with Crippen LogP contribution < -0.4 is 4.74 Å². The maximum atomic E-state index is 13.2. The molecule has 34 heavy (non-hydrogen) atoms. The van der Waals surface area contributed by atoms with E-state index in [-0.39, 0.29) is 17.1 Å². The SMILES string of the molecule is CCCCN(CCCC)CCCOc1ccc(C(=O)c2c(C)oc3c([N+](=O)[O-])cccc23)cc1. The molecule has 0 fully saturated rings. The molecule has 182 valence electrons. The number of unbranched alkanes of at least 4 members (excludes halogenated alkanes) is 2. The van der Waals surface area contributed by atoms with Gasteiger partial charge in [-0.05, 0) is 69.6 Å². The molecule has 7 heteroatoms. The molecule has 0 unspecified atom stereocenters. The first-order valence-electron chi connectivity index (χ1n) is 12.1. The van der Waals surface area contributed by atoms with Gasteiger partial charge in [-0.1, -0.05) is 32.8 Å². The zero-order valence-electron chi connectivity index (χ0n) is 20.3. The average molecular weight is 467 g/mol. The quantitative estimate of drug-likeness (QED) is 0.116. The van der Waals surface area contributed by atoms with Gasteiger partial charge in [-0.25, -0.2) is 0 Å². The minimum absolute atomic E-state index is 0.125. The van der Waals surface area contributed by atoms with E-state index in [0.717, 1.165) is 31.8 Å². The molecule has 0 amide bonds. The molecule has 0 aliphatic heterocycles. The van der Waals surface area contributed by atoms with Gasteiger partial charge in [0.2, 0.25) is 5.58 Å². The molecule has 3 rings (SSSR count). The molecule has 0 bridgehead atoms. The van der Waals surface area contributed by atoms with Crippen molar-refractivity contribution in [1.29, 1.82) is 0 Å². The number of furan rings is 1. The lowest BCUT2D eigenvalue weighted by atomic mass is 10.00. The Kier molecular flexibility index (Phi) is 9.22. The first kappa shape index (κ1) is 25.4. The van der Waals surface area contributed by atoms with Gasteiger partial charge in [0.05, 0.1) is 17.1 Å². The minimum atomic E-state index is -0.501. The van der Waals surface area contributed by atoms with E-state index in [1.165, 1.54) is 31.7 Å². The van der Waals surface area contributed by atoms with E-state index < -0.39 is 4.92 Å². The molecule has 1 heterocycles. The summed E-state index contributed by atoms with van der Waals surface area (Å²) in [6.07, 6.45) is 5.80. The van der Waals surface area contributed by atoms with E-state index in [0.29, 0.717) is 28.9 Å². The monoisotopic (exact) mass is 466 g/mol. The number of rotatable bonds is 14. The molecule has 0 N–H and O–H groups in total. The van der Waals surface area contributed by atoms with Crippen LogP contribution in [0.3, 0.4) is 0 Å². The topological polar surface area (TPSA) is 85.8 Å². The predicted molar refractivity (Wildman–Crippen MR) is 134 cm³/mol. The summed E-state index contributed by atoms with van der Waals surface area (Å²) in [5.74, 6) is 0.853. The second kappa shape index (κ2) is 12.3. The van der Waals surface area contributed by atoms with Gasteiger partial charge in [0.15, 0.2) is 5.78 Å². The van der Waals surface area contributed by atoms with Crippen molar-refractivity contribution in [3.05, 3.63) is 69.5 Å². The van der Waals surface area contributed by atoms with Crippen LogP contribution in [0.25, 0.3) is 11.0 Å². The molecule has 0 spiro atoms. The Hall–Kier alpha value is -3.19. The number of fused-ring (bicyclic) bond motifs is 1. The van der Waals surface area contributed by atoms with Crippen LogP contribution in [0.4, 0.5) is 5.69 Å². The number of hydrogen-bond acceptors (Lipinski definition) is 6. The fourth-order valence-electron chi connectivity index (χ4n) is 4.07. The van der Waals surface area contributed by atoms with Crippen LogP contribution >= 0.6 is 0 Å². The maximum Gasteiger partial charge on any atom is 0.312 e. The van der Waals surface area contributed by atoms with Crippen molar-refractivity contribution in [3.63, 3.8) is 0 Å². The normalized spacial score (nSPS) is 11.3. The van der Waals surface area contributed by atoms with E-state index in [9.17, 15) is 14.9 Å². The summed E-state index contributed by atoms with van der Waals surface area (Å²) >= 11 is 0. The number of nitrogens with zero attached hydrogens (tertiary/aromatic N) is 2. The highest BCUT2D eigenvalue weighted by atomic mass is 16.6. The van der Waals surface area contributed by atoms with Crippen molar-refractivity contribution < 1.29 is 18.9 Å². The fraction of sp³-hybridized carbons (Fsp3) is 0.444. The van der Waals surface area contributed by atoms with Crippen LogP contribution in [0.5, 0.6) is 5.75 Å². The van der Waals surface area contributed by atoms with Crippen LogP contribution in [-0.4, -0.2) is 41.8 Å². The molecule has 1 aromatic heterocycles. The van der Waals surface area contributed by atoms with Crippen molar-refractivity contribution in [1.82, 2.24) is 4.90 Å². The van der Waals surface area contributed by atoms with E-state index in [1.54, 1.807) is 43.3 Å². The summed E-state index contributed by atoms with van der Waals surface area (Å²) in [4.78, 5) is 26.5. The molecule has 0 radical (unpaired) electrons. The van der Waals surface area contributed by atoms with Gasteiger partial charge in [-0.2, -0.15) is 0 Å². The largest absolute Gasteiger partial charge is 0.494 e. The van der Waals surface area contributed by atoms with Gasteiger partial charge in [0.25, 0.3) is 0 Å². The van der Waals surface area contributed by atoms with Crippen molar-refractivity contribution in [3.8, 4) is 5.75 Å². The van der Waals surface area contributed by atoms with Crippen LogP contribution in [0.2, 0.25) is 0 Å². The first-order valence-corrected chi connectivity index (χ1v) is 12.1. The highest BCUT2D eigenvalue weighted by Crippen LogP contribution is 2.33. The molecule has 0 saturated carbocycles. The first-order chi connectivity index (χ1) is 16.5. The zero-order valence-corrected chi connectivity index (χ0v) is 20.3. The van der Waals surface area contributed by atoms with Crippen LogP contribution in [0.1, 0.15) is 67.6 Å². The van der Waals surface area contributed by atoms with Crippen molar-refractivity contribution >= 4 is 22.4 Å². The highest BCUT2D eigenvalue weighted by molar-refractivity contribution is 6.17. The second-order valence-electron chi connectivity index (χ2n) is 8.55. The Balaban J connectivity index is 1.61. The number of carbonyl (C=O) groups is 1. The van der Waals surface area contributed by atoms with Crippen molar-refractivity contribution in [2.24, 2.45) is 0 Å². The number of carbonyl (C=O) groups excluding carboxylic acids is 1. The van der Waals surface area contributed by atoms with Crippen LogP contribution in [0.15, 0.2) is 46.9 Å². The number of hydrogen-bond donors (Lipinski definition) is 0. The number of aryl methyl sites for hydroxylation is 1. The molecule has 3 aromatic rings. The lowest BCUT2D eigenvalue weighted by molar-refractivity contribution is -0.383. The molecule has 0 aliphatic rings. The van der Waals surface area contributed by atoms with E-state index in [2.05, 4.69) is 18.7 Å². The van der Waals surface area contributed by atoms with Crippen LogP contribution in [0, 0.1) is 17.0 Å². The Morgan fingerprint density at radius 3 is 2.26 bits per heavy atom. The van der Waals surface area contributed by atoms with Gasteiger partial charge in [-0.3, -0.25) is 14.9 Å². The van der Waals surface area contributed by atoms with E-state index in [1.807, 2.05) is 0 Å². The predicted octanol–water partition coefficient (Wildman–Crippen LogP) is 6.55. The Bertz CT molecular complexity index is 1100. The number of nitro groups is 1. The average Bonchev–Trinajstić information content (AvgIpc) is 3.18. The van der Waals surface area contributed by atoms with Gasteiger partial charge < -0.3 is 14.1 Å². The van der Waals surface area contributed by atoms with Gasteiger partial charge in [-0.15, -0.1) is 0 Å². The number of para-hydroxylation sites is 1. The van der Waals surface area contributed by atoms with Crippen LogP contribution in [-0.2, 0) is 0 Å². The third kappa shape index (κ3) is 6.23. The van der Waals surface area contributed by atoms with Gasteiger partial charge in [0, 0.05) is 23.6 Å². The molecule has 7 nitrogen and oxygen atoms in total. The fourth-order valence-corrected chi connectivity index (χ4v) is 4.07. The molecule has 0 aliphatic carbocycles. The van der Waals surface area contributed by atoms with E-state index >= 15 is 0 Å². The Morgan fingerprint density at radius 2 is 1.65 bits per heavy atom. The summed E-state index contributed by atoms with van der Waals surface area (Å²) in [6, 6.07) is 11.6. The smallest absolute Gasteiger partial charge is 0.312 e. The molecular formula is C27H34N2O5. The van der Waals surface area contributed by atoms with Crippen molar-refractivity contribution in [2.45, 2.75) is 52.9 Å². The highest BCUT2D eigenvalue weighted by Gasteiger charge is 2.24. The zero-order chi connectivity index (χ0) is 24.5. The molecule has 0 saturated heterocycles. The molecule has 0 atom stereocenters. The molecular weight excluding hydrogens is 432 g/mol. The number of ketones is 1. The summed E-state index contributed by atoms with van der Waals surface area (Å²) in [7, 11) is 0. The second-order valence-corrected chi connectivity index (χ2v) is 8.55. The lowest BCUT2D eigenvalue weighted by Gasteiger charge is -2.21. The summed E-state index contributed by atoms with van der Waals surface area (Å²) in [6.45, 7) is 10.0. The minimum Gasteiger partial charge on any atom is -0.494 e. The number of ether oxygens (including phenoxy) is 1. The van der Waals surface area contributed by atoms with E-state index in [4.69, 9.17) is 9.15 Å². The standard InChI is InChI=1S/C27H34N2O5/c1-4-6-16-28(17-7-5-2)18-9-19-33-22-14-12-21(13-15-22)26(30)25-20(3)34-27-23(25)10-8-11-24(27)29(31)32/h8,10-15H,4-7,9,16-19H2,1-3H3. The number of nitro benzene ring substituents is 1. The number of non-ortho nitro benzene ring substituents is 1. The third-order valence-electron chi connectivity index (χ3n) is 5.95. The lowest BCUT2D eigenvalue weighted by Crippen LogP contribution is -2.28. The van der Waals surface area contributed by atoms with Crippen molar-refractivity contribution in [2.75, 3.05) is 26.2 Å². The third-order valence-corrected chi connectivity index (χ3v) is 5.95. The Labute approximate surface area is 200 Å². The summed E-state index contributed by atoms with van der Waals surface area (Å²) in [5, 5.41) is 11.7. The molecule has 2 aromatic carbocycles. The van der Waals surface area contributed by atoms with Gasteiger partial charge in [0.1, 0.15) is 11.5 Å².